The van der Waals surface area contributed by atoms with Gasteiger partial charge >= 0.3 is 5.97 Å². The number of methoxy groups -OCH3 is 1. The zero-order valence-corrected chi connectivity index (χ0v) is 13.2. The van der Waals surface area contributed by atoms with E-state index in [0.717, 1.165) is 28.0 Å². The fraction of sp³-hybridized carbons (Fsp3) is 0.211. The van der Waals surface area contributed by atoms with Crippen molar-refractivity contribution in [1.29, 1.82) is 0 Å². The molecule has 1 aliphatic rings. The average Bonchev–Trinajstić information content (AvgIpc) is 2.88. The van der Waals surface area contributed by atoms with Crippen molar-refractivity contribution in [3.8, 4) is 5.75 Å². The van der Waals surface area contributed by atoms with Crippen LogP contribution in [0.5, 0.6) is 5.75 Å². The van der Waals surface area contributed by atoms with Crippen LogP contribution in [0.15, 0.2) is 54.1 Å². The van der Waals surface area contributed by atoms with Crippen molar-refractivity contribution >= 4 is 11.5 Å². The Balaban J connectivity index is 2.21. The molecule has 4 nitrogen and oxygen atoms in total. The molecule has 2 aromatic rings. The van der Waals surface area contributed by atoms with Crippen LogP contribution in [0.4, 0.5) is 0 Å². The zero-order valence-electron chi connectivity index (χ0n) is 13.2. The summed E-state index contributed by atoms with van der Waals surface area (Å²) in [6.45, 7) is 2.11. The number of hydrogen-bond donors (Lipinski definition) is 1. The number of nitrogens with two attached hydrogens (primary N) is 1. The Bertz CT molecular complexity index is 765. The maximum Gasteiger partial charge on any atom is 0.336 e. The number of fused-ring (bicyclic) bond motifs is 1. The van der Waals surface area contributed by atoms with E-state index in [0.29, 0.717) is 12.2 Å². The largest absolute Gasteiger partial charge is 0.497 e. The maximum absolute atomic E-state index is 12.5. The predicted octanol–water partition coefficient (Wildman–Crippen LogP) is 3.07. The summed E-state index contributed by atoms with van der Waals surface area (Å²) in [5, 5.41) is 0. The molecule has 1 atom stereocenters. The molecule has 2 N–H and O–H groups in total. The van der Waals surface area contributed by atoms with Gasteiger partial charge in [0.25, 0.3) is 0 Å². The van der Waals surface area contributed by atoms with Gasteiger partial charge in [0.15, 0.2) is 0 Å². The lowest BCUT2D eigenvalue weighted by Gasteiger charge is -2.11. The second-order valence-corrected chi connectivity index (χ2v) is 5.31. The highest BCUT2D eigenvalue weighted by molar-refractivity contribution is 6.06. The SMILES string of the molecule is CCOC(=O)C1=C(c2ccccc2)c2ccc(OC)cc2C1N. The van der Waals surface area contributed by atoms with Crippen molar-refractivity contribution in [2.24, 2.45) is 5.73 Å². The molecule has 0 amide bonds. The van der Waals surface area contributed by atoms with Gasteiger partial charge in [0.1, 0.15) is 5.75 Å². The van der Waals surface area contributed by atoms with Crippen molar-refractivity contribution < 1.29 is 14.3 Å². The van der Waals surface area contributed by atoms with Crippen LogP contribution in [0, 0.1) is 0 Å². The predicted molar refractivity (Wildman–Crippen MR) is 89.0 cm³/mol. The number of rotatable bonds is 4. The van der Waals surface area contributed by atoms with Gasteiger partial charge in [0.2, 0.25) is 0 Å². The quantitative estimate of drug-likeness (QED) is 0.882. The third kappa shape index (κ3) is 2.62. The Kier molecular flexibility index (Phi) is 4.17. The van der Waals surface area contributed by atoms with E-state index >= 15 is 0 Å². The normalized spacial score (nSPS) is 16.2. The first-order valence-corrected chi connectivity index (χ1v) is 7.58. The summed E-state index contributed by atoms with van der Waals surface area (Å²) in [5.41, 5.74) is 10.5. The zero-order chi connectivity index (χ0) is 16.4. The molecule has 118 valence electrons. The summed E-state index contributed by atoms with van der Waals surface area (Å²) in [4.78, 5) is 12.5. The summed E-state index contributed by atoms with van der Waals surface area (Å²) in [6.07, 6.45) is 0. The first-order valence-electron chi connectivity index (χ1n) is 7.58. The summed E-state index contributed by atoms with van der Waals surface area (Å²) >= 11 is 0. The molecule has 4 heteroatoms. The van der Waals surface area contributed by atoms with E-state index in [4.69, 9.17) is 15.2 Å². The van der Waals surface area contributed by atoms with Crippen molar-refractivity contribution in [2.75, 3.05) is 13.7 Å². The lowest BCUT2D eigenvalue weighted by atomic mass is 9.97. The van der Waals surface area contributed by atoms with Crippen LogP contribution < -0.4 is 10.5 Å². The summed E-state index contributed by atoms with van der Waals surface area (Å²) in [7, 11) is 1.61. The molecule has 0 aromatic heterocycles. The molecule has 0 saturated carbocycles. The second kappa shape index (κ2) is 6.26. The van der Waals surface area contributed by atoms with Crippen LogP contribution in [0.1, 0.15) is 29.7 Å². The first kappa shape index (κ1) is 15.3. The smallest absolute Gasteiger partial charge is 0.336 e. The van der Waals surface area contributed by atoms with Crippen LogP contribution in [-0.4, -0.2) is 19.7 Å². The molecule has 3 rings (SSSR count). The maximum atomic E-state index is 12.5. The van der Waals surface area contributed by atoms with E-state index in [1.165, 1.54) is 0 Å². The van der Waals surface area contributed by atoms with Crippen molar-refractivity contribution in [3.63, 3.8) is 0 Å². The molecule has 2 aromatic carbocycles. The van der Waals surface area contributed by atoms with Gasteiger partial charge in [0, 0.05) is 5.57 Å². The van der Waals surface area contributed by atoms with Gasteiger partial charge in [-0.25, -0.2) is 4.79 Å². The molecular formula is C19H19NO3. The Morgan fingerprint density at radius 2 is 1.91 bits per heavy atom. The van der Waals surface area contributed by atoms with E-state index < -0.39 is 6.04 Å². The van der Waals surface area contributed by atoms with E-state index in [2.05, 4.69) is 0 Å². The number of benzene rings is 2. The third-order valence-electron chi connectivity index (χ3n) is 4.00. The Morgan fingerprint density at radius 1 is 1.17 bits per heavy atom. The molecule has 0 bridgehead atoms. The van der Waals surface area contributed by atoms with Crippen molar-refractivity contribution in [3.05, 3.63) is 70.8 Å². The fourth-order valence-corrected chi connectivity index (χ4v) is 2.96. The van der Waals surface area contributed by atoms with Gasteiger partial charge < -0.3 is 15.2 Å². The highest BCUT2D eigenvalue weighted by Crippen LogP contribution is 2.44. The third-order valence-corrected chi connectivity index (χ3v) is 4.00. The Morgan fingerprint density at radius 3 is 2.57 bits per heavy atom. The van der Waals surface area contributed by atoms with Crippen LogP contribution in [-0.2, 0) is 9.53 Å². The molecule has 0 heterocycles. The van der Waals surface area contributed by atoms with Crippen LogP contribution >= 0.6 is 0 Å². The van der Waals surface area contributed by atoms with Gasteiger partial charge in [-0.3, -0.25) is 0 Å². The summed E-state index contributed by atoms with van der Waals surface area (Å²) in [5.74, 6) is 0.353. The van der Waals surface area contributed by atoms with Gasteiger partial charge in [-0.2, -0.15) is 0 Å². The molecule has 1 unspecified atom stereocenters. The van der Waals surface area contributed by atoms with Crippen LogP contribution in [0.25, 0.3) is 5.57 Å². The number of carbonyl (C=O) groups is 1. The van der Waals surface area contributed by atoms with Crippen molar-refractivity contribution in [1.82, 2.24) is 0 Å². The minimum absolute atomic E-state index is 0.316. The molecule has 0 fully saturated rings. The fourth-order valence-electron chi connectivity index (χ4n) is 2.96. The minimum Gasteiger partial charge on any atom is -0.497 e. The van der Waals surface area contributed by atoms with E-state index in [1.54, 1.807) is 14.0 Å². The second-order valence-electron chi connectivity index (χ2n) is 5.31. The molecule has 0 saturated heterocycles. The molecule has 0 radical (unpaired) electrons. The van der Waals surface area contributed by atoms with Crippen LogP contribution in [0.3, 0.4) is 0 Å². The molecule has 1 aliphatic carbocycles. The number of esters is 1. The van der Waals surface area contributed by atoms with E-state index in [1.807, 2.05) is 48.5 Å². The molecule has 23 heavy (non-hydrogen) atoms. The minimum atomic E-state index is -0.519. The Hall–Kier alpha value is -2.59. The van der Waals surface area contributed by atoms with Gasteiger partial charge in [-0.15, -0.1) is 0 Å². The van der Waals surface area contributed by atoms with Gasteiger partial charge in [-0.1, -0.05) is 36.4 Å². The van der Waals surface area contributed by atoms with Gasteiger partial charge in [-0.05, 0) is 35.7 Å². The number of carbonyl (C=O) groups excluding carboxylic acids is 1. The topological polar surface area (TPSA) is 61.5 Å². The lowest BCUT2D eigenvalue weighted by Crippen LogP contribution is -2.19. The highest BCUT2D eigenvalue weighted by Gasteiger charge is 2.34. The number of ether oxygens (including phenoxy) is 2. The summed E-state index contributed by atoms with van der Waals surface area (Å²) in [6, 6.07) is 15.0. The first-order chi connectivity index (χ1) is 11.2. The molecule has 0 spiro atoms. The average molecular weight is 309 g/mol. The van der Waals surface area contributed by atoms with Crippen LogP contribution in [0.2, 0.25) is 0 Å². The van der Waals surface area contributed by atoms with Gasteiger partial charge in [0.05, 0.1) is 25.3 Å². The monoisotopic (exact) mass is 309 g/mol. The highest BCUT2D eigenvalue weighted by atomic mass is 16.5. The summed E-state index contributed by atoms with van der Waals surface area (Å²) < 4.78 is 10.5. The lowest BCUT2D eigenvalue weighted by molar-refractivity contribution is -0.138. The Labute approximate surface area is 135 Å². The van der Waals surface area contributed by atoms with Crippen molar-refractivity contribution in [2.45, 2.75) is 13.0 Å². The standard InChI is InChI=1S/C19H19NO3/c1-3-23-19(21)17-16(12-7-5-4-6-8-12)14-10-9-13(22-2)11-15(14)18(17)20/h4-11,18H,3,20H2,1-2H3. The number of hydrogen-bond acceptors (Lipinski definition) is 4. The van der Waals surface area contributed by atoms with E-state index in [9.17, 15) is 4.79 Å². The molecular weight excluding hydrogens is 290 g/mol. The van der Waals surface area contributed by atoms with E-state index in [-0.39, 0.29) is 5.97 Å². The molecule has 0 aliphatic heterocycles.